The molecule has 8 nitrogen and oxygen atoms in total. The molecule has 3 fully saturated rings. The van der Waals surface area contributed by atoms with Crippen molar-refractivity contribution in [3.05, 3.63) is 53.1 Å². The number of nitrogens with one attached hydrogen (secondary N) is 2. The van der Waals surface area contributed by atoms with E-state index in [4.69, 9.17) is 21.1 Å². The van der Waals surface area contributed by atoms with Gasteiger partial charge >= 0.3 is 0 Å². The highest BCUT2D eigenvalue weighted by molar-refractivity contribution is 6.30. The first-order valence-electron chi connectivity index (χ1n) is 10.6. The number of carbonyl (C=O) groups excluding carboxylic acids is 2. The molecule has 176 valence electrons. The fourth-order valence-electron chi connectivity index (χ4n) is 4.63. The normalized spacial score (nSPS) is 25.9. The highest BCUT2D eigenvalue weighted by Gasteiger charge is 2.55. The zero-order valence-electron chi connectivity index (χ0n) is 18.1. The zero-order chi connectivity index (χ0) is 23.6. The third kappa shape index (κ3) is 4.89. The number of aromatic nitrogens is 1. The minimum Gasteiger partial charge on any atom is -0.495 e. The Morgan fingerprint density at radius 2 is 1.91 bits per heavy atom. The van der Waals surface area contributed by atoms with Gasteiger partial charge in [-0.2, -0.15) is 0 Å². The minimum atomic E-state index is -0.832. The number of methoxy groups -OCH3 is 1. The van der Waals surface area contributed by atoms with Gasteiger partial charge in [0.2, 0.25) is 0 Å². The van der Waals surface area contributed by atoms with Gasteiger partial charge in [-0.25, -0.2) is 9.37 Å². The van der Waals surface area contributed by atoms with E-state index in [2.05, 4.69) is 15.6 Å². The molecule has 1 aromatic carbocycles. The number of halogens is 2. The molecule has 1 atom stereocenters. The predicted octanol–water partition coefficient (Wildman–Crippen LogP) is 2.62. The van der Waals surface area contributed by atoms with Crippen LogP contribution in [0.2, 0.25) is 5.02 Å². The number of amides is 2. The van der Waals surface area contributed by atoms with Crippen LogP contribution in [0.25, 0.3) is 0 Å². The van der Waals surface area contributed by atoms with E-state index < -0.39 is 28.9 Å². The van der Waals surface area contributed by atoms with Crippen LogP contribution >= 0.6 is 11.6 Å². The van der Waals surface area contributed by atoms with Gasteiger partial charge in [0, 0.05) is 11.6 Å². The van der Waals surface area contributed by atoms with E-state index in [0.29, 0.717) is 37.9 Å². The smallest absolute Gasteiger partial charge is 0.270 e. The first-order chi connectivity index (χ1) is 15.7. The van der Waals surface area contributed by atoms with Gasteiger partial charge in [-0.3, -0.25) is 9.59 Å². The first-order valence-corrected chi connectivity index (χ1v) is 11.0. The third-order valence-electron chi connectivity index (χ3n) is 6.55. The Morgan fingerprint density at radius 3 is 2.52 bits per heavy atom. The summed E-state index contributed by atoms with van der Waals surface area (Å²) < 4.78 is 24.0. The number of rotatable bonds is 7. The maximum atomic E-state index is 13.5. The van der Waals surface area contributed by atoms with Crippen LogP contribution in [0.4, 0.5) is 4.39 Å². The molecule has 0 spiro atoms. The molecule has 0 unspecified atom stereocenters. The zero-order valence-corrected chi connectivity index (χ0v) is 18.8. The Bertz CT molecular complexity index is 1040. The molecule has 5 rings (SSSR count). The Hall–Kier alpha value is -2.91. The summed E-state index contributed by atoms with van der Waals surface area (Å²) in [4.78, 5) is 29.3. The topological polar surface area (TPSA) is 110 Å². The van der Waals surface area contributed by atoms with Crippen LogP contribution in [-0.2, 0) is 4.79 Å². The second kappa shape index (κ2) is 9.15. The number of nitrogens with zero attached hydrogens (tertiary/aromatic N) is 1. The number of aliphatic hydroxyl groups excluding tert-OH is 1. The lowest BCUT2D eigenvalue weighted by Gasteiger charge is -2.56. The molecule has 1 heterocycles. The number of hydrogen-bond acceptors (Lipinski definition) is 6. The summed E-state index contributed by atoms with van der Waals surface area (Å²) in [6.07, 6.45) is 3.19. The number of pyridine rings is 1. The molecule has 33 heavy (non-hydrogen) atoms. The Morgan fingerprint density at radius 1 is 1.18 bits per heavy atom. The third-order valence-corrected chi connectivity index (χ3v) is 6.86. The van der Waals surface area contributed by atoms with Gasteiger partial charge in [-0.1, -0.05) is 11.6 Å². The second-order valence-electron chi connectivity index (χ2n) is 8.61. The Kier molecular flexibility index (Phi) is 6.45. The molecule has 1 aromatic heterocycles. The van der Waals surface area contributed by atoms with E-state index in [9.17, 15) is 19.1 Å². The highest BCUT2D eigenvalue weighted by atomic mass is 35.5. The molecule has 2 bridgehead atoms. The fraction of sp³-hybridized carbons (Fsp3) is 0.435. The lowest BCUT2D eigenvalue weighted by atomic mass is 9.60. The van der Waals surface area contributed by atoms with Crippen LogP contribution in [0.1, 0.15) is 42.6 Å². The fourth-order valence-corrected chi connectivity index (χ4v) is 4.75. The summed E-state index contributed by atoms with van der Waals surface area (Å²) >= 11 is 5.65. The van der Waals surface area contributed by atoms with Crippen molar-refractivity contribution in [2.45, 2.75) is 49.3 Å². The number of carbonyl (C=O) groups is 2. The molecule has 2 aromatic rings. The quantitative estimate of drug-likeness (QED) is 0.565. The van der Waals surface area contributed by atoms with Gasteiger partial charge in [0.25, 0.3) is 11.8 Å². The van der Waals surface area contributed by atoms with Crippen LogP contribution < -0.4 is 20.1 Å². The summed E-state index contributed by atoms with van der Waals surface area (Å²) in [7, 11) is 1.52. The second-order valence-corrected chi connectivity index (χ2v) is 9.01. The molecule has 3 saturated carbocycles. The van der Waals surface area contributed by atoms with Crippen LogP contribution in [0, 0.1) is 5.82 Å². The minimum absolute atomic E-state index is 0.0310. The SMILES string of the molecule is COc1ccc(C(=O)NC23CCC(NC(=O)COc4ccc(Cl)c(F)c4)(CC2)[C@@H](O)C3)nc1. The highest BCUT2D eigenvalue weighted by Crippen LogP contribution is 2.47. The van der Waals surface area contributed by atoms with E-state index in [0.717, 1.165) is 6.07 Å². The van der Waals surface area contributed by atoms with E-state index in [1.54, 1.807) is 12.1 Å². The molecular formula is C23H25ClFN3O5. The van der Waals surface area contributed by atoms with E-state index in [1.807, 2.05) is 0 Å². The molecule has 0 saturated heterocycles. The van der Waals surface area contributed by atoms with Gasteiger partial charge in [0.15, 0.2) is 6.61 Å². The van der Waals surface area contributed by atoms with Crippen molar-refractivity contribution >= 4 is 23.4 Å². The number of fused-ring (bicyclic) bond motifs is 3. The summed E-state index contributed by atoms with van der Waals surface area (Å²) in [5, 5.41) is 16.8. The van der Waals surface area contributed by atoms with E-state index in [1.165, 1.54) is 25.4 Å². The lowest BCUT2D eigenvalue weighted by molar-refractivity contribution is -0.132. The number of ether oxygens (including phenoxy) is 2. The van der Waals surface area contributed by atoms with Crippen molar-refractivity contribution < 1.29 is 28.6 Å². The molecule has 3 N–H and O–H groups in total. The lowest BCUT2D eigenvalue weighted by Crippen LogP contribution is -2.70. The van der Waals surface area contributed by atoms with Crippen LogP contribution in [-0.4, -0.2) is 52.8 Å². The number of hydrogen-bond donors (Lipinski definition) is 3. The molecule has 2 amide bonds. The van der Waals surface area contributed by atoms with Gasteiger partial charge in [-0.05, 0) is 56.4 Å². The molecule has 0 radical (unpaired) electrons. The van der Waals surface area contributed by atoms with Gasteiger partial charge in [0.1, 0.15) is 23.0 Å². The molecular weight excluding hydrogens is 453 g/mol. The standard InChI is InChI=1S/C23H25ClFN3O5/c1-32-15-3-5-18(26-12-15)21(31)28-22-6-8-23(9-7-22,19(29)11-22)27-20(30)13-33-14-2-4-16(24)17(25)10-14/h2-5,10,12,19,29H,6-9,11,13H2,1H3,(H,27,30)(H,28,31)/t19-,22?,23?/m0/s1. The average Bonchev–Trinajstić information content (AvgIpc) is 2.81. The monoisotopic (exact) mass is 477 g/mol. The van der Waals surface area contributed by atoms with Gasteiger partial charge < -0.3 is 25.2 Å². The molecule has 3 aliphatic carbocycles. The summed E-state index contributed by atoms with van der Waals surface area (Å²) in [5.74, 6) is -0.615. The van der Waals surface area contributed by atoms with Crippen LogP contribution in [0.15, 0.2) is 36.5 Å². The van der Waals surface area contributed by atoms with Crippen molar-refractivity contribution in [2.75, 3.05) is 13.7 Å². The van der Waals surface area contributed by atoms with Crippen molar-refractivity contribution in [1.82, 2.24) is 15.6 Å². The van der Waals surface area contributed by atoms with Crippen LogP contribution in [0.3, 0.4) is 0 Å². The van der Waals surface area contributed by atoms with E-state index >= 15 is 0 Å². The maximum Gasteiger partial charge on any atom is 0.270 e. The molecule has 10 heteroatoms. The van der Waals surface area contributed by atoms with Crippen molar-refractivity contribution in [1.29, 1.82) is 0 Å². The first kappa shape index (κ1) is 23.3. The Labute approximate surface area is 195 Å². The summed E-state index contributed by atoms with van der Waals surface area (Å²) in [6.45, 7) is -0.319. The summed E-state index contributed by atoms with van der Waals surface area (Å²) in [5.41, 5.74) is -1.07. The van der Waals surface area contributed by atoms with Gasteiger partial charge in [-0.15, -0.1) is 0 Å². The van der Waals surface area contributed by atoms with E-state index in [-0.39, 0.29) is 29.0 Å². The number of benzene rings is 1. The Balaban J connectivity index is 1.34. The van der Waals surface area contributed by atoms with Crippen LogP contribution in [0.5, 0.6) is 11.5 Å². The van der Waals surface area contributed by atoms with Crippen molar-refractivity contribution in [2.24, 2.45) is 0 Å². The predicted molar refractivity (Wildman–Crippen MR) is 118 cm³/mol. The average molecular weight is 478 g/mol. The van der Waals surface area contributed by atoms with Gasteiger partial charge in [0.05, 0.1) is 30.0 Å². The van der Waals surface area contributed by atoms with Crippen molar-refractivity contribution in [3.8, 4) is 11.5 Å². The largest absolute Gasteiger partial charge is 0.495 e. The maximum absolute atomic E-state index is 13.5. The summed E-state index contributed by atoms with van der Waals surface area (Å²) in [6, 6.07) is 7.19. The number of aliphatic hydroxyl groups is 1. The molecule has 3 aliphatic rings. The molecule has 0 aliphatic heterocycles. The van der Waals surface area contributed by atoms with Crippen molar-refractivity contribution in [3.63, 3.8) is 0 Å².